The van der Waals surface area contributed by atoms with Gasteiger partial charge in [0.1, 0.15) is 5.78 Å². The highest BCUT2D eigenvalue weighted by Crippen LogP contribution is 1.73. The van der Waals surface area contributed by atoms with Crippen LogP contribution in [0.3, 0.4) is 0 Å². The Morgan fingerprint density at radius 2 is 1.27 bits per heavy atom. The summed E-state index contributed by atoms with van der Waals surface area (Å²) in [4.78, 5) is 9.44. The van der Waals surface area contributed by atoms with Crippen LogP contribution in [0.25, 0.3) is 0 Å². The molecule has 0 fully saturated rings. The van der Waals surface area contributed by atoms with Gasteiger partial charge in [0.05, 0.1) is 5.34 Å². The molecule has 0 aliphatic rings. The molecule has 0 saturated carbocycles. The maximum atomic E-state index is 9.44. The number of aliphatic hydroxyl groups excluding tert-OH is 1. The van der Waals surface area contributed by atoms with E-state index in [4.69, 9.17) is 28.3 Å². The number of carbonyl (C=O) groups excluding carboxylic acids is 1. The fourth-order valence-corrected chi connectivity index (χ4v) is 0. The molecule has 11 heavy (non-hydrogen) atoms. The molecule has 0 amide bonds. The maximum absolute atomic E-state index is 9.44. The molecule has 74 valence electrons. The van der Waals surface area contributed by atoms with Crippen molar-refractivity contribution in [3.8, 4) is 0 Å². The first-order valence-corrected chi connectivity index (χ1v) is 3.25. The average Bonchev–Trinajstić information content (AvgIpc) is 1.71. The lowest BCUT2D eigenvalue weighted by Crippen LogP contribution is -1.69. The molecule has 0 aliphatic carbocycles. The maximum Gasteiger partial charge on any atom is 0.126 e. The fourth-order valence-electron chi connectivity index (χ4n) is 0. The molecule has 4 nitrogen and oxygen atoms in total. The lowest BCUT2D eigenvalue weighted by molar-refractivity contribution is -0.114. The fraction of sp³-hybridized carbons (Fsp3) is 0.800. The predicted molar refractivity (Wildman–Crippen MR) is 49.7 cm³/mol. The Kier molecular flexibility index (Phi) is 137. The molecule has 0 heterocycles. The monoisotopic (exact) mass is 209 g/mol. The molecule has 0 saturated heterocycles. The largest absolute Gasteiger partial charge is 0.412 e. The van der Waals surface area contributed by atoms with Crippen molar-refractivity contribution in [3.63, 3.8) is 0 Å². The second-order valence-electron chi connectivity index (χ2n) is 1.01. The zero-order valence-electron chi connectivity index (χ0n) is 7.03. The van der Waals surface area contributed by atoms with Crippen LogP contribution in [-0.2, 0) is 4.79 Å². The van der Waals surface area contributed by atoms with E-state index in [9.17, 15) is 4.79 Å². The van der Waals surface area contributed by atoms with Crippen LogP contribution in [0, 0.1) is 0 Å². The quantitative estimate of drug-likeness (QED) is 0.581. The van der Waals surface area contributed by atoms with Gasteiger partial charge in [-0.05, 0) is 13.8 Å². The van der Waals surface area contributed by atoms with Gasteiger partial charge in [0.25, 0.3) is 0 Å². The summed E-state index contributed by atoms with van der Waals surface area (Å²) in [7, 11) is 1.00. The highest BCUT2D eigenvalue weighted by atomic mass is 35.5. The van der Waals surface area contributed by atoms with Gasteiger partial charge >= 0.3 is 0 Å². The Morgan fingerprint density at radius 3 is 1.27 bits per heavy atom. The van der Waals surface area contributed by atoms with Crippen molar-refractivity contribution >= 4 is 29.0 Å². The normalized spacial score (nSPS) is 4.55. The Balaban J connectivity index is -0.0000000158. The molecule has 0 radical (unpaired) electrons. The minimum absolute atomic E-state index is 0. The number of ketones is 1. The predicted octanol–water partition coefficient (Wildman–Crippen LogP) is 0.963. The third-order valence-corrected chi connectivity index (χ3v) is 0. The molecule has 0 rings (SSSR count). The summed E-state index contributed by atoms with van der Waals surface area (Å²) >= 11 is 9.53. The second-order valence-corrected chi connectivity index (χ2v) is 1.82. The second kappa shape index (κ2) is 49.5. The van der Waals surface area contributed by atoms with E-state index in [1.165, 1.54) is 13.8 Å². The molecule has 0 spiro atoms. The van der Waals surface area contributed by atoms with E-state index in [-0.39, 0.29) is 22.7 Å². The molecule has 0 bridgehead atoms. The van der Waals surface area contributed by atoms with Crippen molar-refractivity contribution in [2.24, 2.45) is 0 Å². The molecule has 0 unspecified atom stereocenters. The first-order chi connectivity index (χ1) is 4.15. The van der Waals surface area contributed by atoms with E-state index in [0.717, 1.165) is 7.11 Å². The van der Waals surface area contributed by atoms with Crippen LogP contribution in [-0.4, -0.2) is 28.8 Å². The topological polar surface area (TPSA) is 104 Å². The van der Waals surface area contributed by atoms with E-state index in [1.54, 1.807) is 0 Å². The van der Waals surface area contributed by atoms with Crippen molar-refractivity contribution in [2.75, 3.05) is 12.4 Å². The van der Waals surface area contributed by atoms with Crippen LogP contribution in [0.1, 0.15) is 13.8 Å². The molecular weight excluding hydrogens is 193 g/mol. The highest BCUT2D eigenvalue weighted by molar-refractivity contribution is 6.40. The molecule has 6 heteroatoms. The molecular formula is C5H17Cl2NO3. The molecule has 0 aromatic rings. The zero-order chi connectivity index (χ0) is 8.28. The molecule has 0 atom stereocenters. The number of alkyl halides is 2. The SMILES string of the molecule is CC(C)=O.CO.ClCCl.N.O. The number of rotatable bonds is 0. The Morgan fingerprint density at radius 1 is 1.27 bits per heavy atom. The summed E-state index contributed by atoms with van der Waals surface area (Å²) in [5.74, 6) is 0.167. The summed E-state index contributed by atoms with van der Waals surface area (Å²) in [6.45, 7) is 3.06. The Hall–Kier alpha value is 0.130. The minimum atomic E-state index is 0. The van der Waals surface area contributed by atoms with E-state index in [0.29, 0.717) is 0 Å². The van der Waals surface area contributed by atoms with Crippen molar-refractivity contribution in [2.45, 2.75) is 13.8 Å². The molecule has 0 aliphatic heterocycles. The van der Waals surface area contributed by atoms with Crippen molar-refractivity contribution in [3.05, 3.63) is 0 Å². The van der Waals surface area contributed by atoms with Gasteiger partial charge in [-0.3, -0.25) is 0 Å². The minimum Gasteiger partial charge on any atom is -0.412 e. The molecule has 0 aromatic carbocycles. The number of hydrogen-bond donors (Lipinski definition) is 2. The molecule has 6 N–H and O–H groups in total. The van der Waals surface area contributed by atoms with Gasteiger partial charge in [0, 0.05) is 7.11 Å². The standard InChI is InChI=1S/C3H6O.CH2Cl2.CH4O.H3N.H2O/c1-3(2)4;2-1-3;1-2;;/h1-2H3;1H2;2H,1H3;1H3;1H2. The Labute approximate surface area is 77.4 Å². The van der Waals surface area contributed by atoms with Crippen LogP contribution in [0.2, 0.25) is 0 Å². The lowest BCUT2D eigenvalue weighted by atomic mass is 10.6. The third-order valence-electron chi connectivity index (χ3n) is 0. The van der Waals surface area contributed by atoms with Crippen molar-refractivity contribution in [1.82, 2.24) is 6.15 Å². The summed E-state index contributed by atoms with van der Waals surface area (Å²) in [5.41, 5.74) is 0. The number of aliphatic hydroxyl groups is 1. The highest BCUT2D eigenvalue weighted by Gasteiger charge is 1.62. The van der Waals surface area contributed by atoms with E-state index in [2.05, 4.69) is 0 Å². The van der Waals surface area contributed by atoms with Crippen LogP contribution in [0.5, 0.6) is 0 Å². The number of Topliss-reactive ketones (excluding diaryl/α,β-unsaturated/α-hetero) is 1. The van der Waals surface area contributed by atoms with Crippen molar-refractivity contribution < 1.29 is 15.4 Å². The van der Waals surface area contributed by atoms with Crippen LogP contribution < -0.4 is 6.15 Å². The summed E-state index contributed by atoms with van der Waals surface area (Å²) in [5, 5.41) is 7.19. The first kappa shape index (κ1) is 30.4. The van der Waals surface area contributed by atoms with Gasteiger partial charge in [0.15, 0.2) is 0 Å². The first-order valence-electron chi connectivity index (χ1n) is 2.19. The van der Waals surface area contributed by atoms with Gasteiger partial charge in [-0.1, -0.05) is 0 Å². The smallest absolute Gasteiger partial charge is 0.126 e. The van der Waals surface area contributed by atoms with Crippen molar-refractivity contribution in [1.29, 1.82) is 0 Å². The van der Waals surface area contributed by atoms with Gasteiger partial charge in [-0.2, -0.15) is 0 Å². The number of carbonyl (C=O) groups is 1. The van der Waals surface area contributed by atoms with Gasteiger partial charge in [0.2, 0.25) is 0 Å². The van der Waals surface area contributed by atoms with E-state index < -0.39 is 0 Å². The van der Waals surface area contributed by atoms with Gasteiger partial charge in [-0.15, -0.1) is 23.2 Å². The Bertz CT molecular complexity index is 51.0. The van der Waals surface area contributed by atoms with Crippen LogP contribution in [0.15, 0.2) is 0 Å². The van der Waals surface area contributed by atoms with E-state index in [1.807, 2.05) is 0 Å². The zero-order valence-corrected chi connectivity index (χ0v) is 8.54. The van der Waals surface area contributed by atoms with Crippen LogP contribution >= 0.6 is 23.2 Å². The number of hydrogen-bond acceptors (Lipinski definition) is 3. The van der Waals surface area contributed by atoms with Gasteiger partial charge in [-0.25, -0.2) is 0 Å². The average molecular weight is 210 g/mol. The summed E-state index contributed by atoms with van der Waals surface area (Å²) < 4.78 is 0. The summed E-state index contributed by atoms with van der Waals surface area (Å²) in [6.07, 6.45) is 0. The summed E-state index contributed by atoms with van der Waals surface area (Å²) in [6, 6.07) is 0. The molecule has 0 aromatic heterocycles. The lowest BCUT2D eigenvalue weighted by Gasteiger charge is -1.56. The van der Waals surface area contributed by atoms with Gasteiger partial charge < -0.3 is 21.5 Å². The van der Waals surface area contributed by atoms with Crippen LogP contribution in [0.4, 0.5) is 0 Å². The number of halogens is 2. The van der Waals surface area contributed by atoms with E-state index >= 15 is 0 Å². The third kappa shape index (κ3) is 39600.